The smallest absolute Gasteiger partial charge is 0.205 e. The minimum atomic E-state index is -0.0526. The van der Waals surface area contributed by atoms with E-state index in [0.717, 1.165) is 17.6 Å². The monoisotopic (exact) mass is 266 g/mol. The highest BCUT2D eigenvalue weighted by Crippen LogP contribution is 2.11. The molecule has 3 nitrogen and oxygen atoms in total. The summed E-state index contributed by atoms with van der Waals surface area (Å²) in [6.07, 6.45) is 6.25. The zero-order valence-electron chi connectivity index (χ0n) is 8.19. The lowest BCUT2D eigenvalue weighted by molar-refractivity contribution is 0.103. The first-order valence-corrected chi connectivity index (χ1v) is 5.63. The van der Waals surface area contributed by atoms with Gasteiger partial charge in [-0.15, -0.1) is 0 Å². The summed E-state index contributed by atoms with van der Waals surface area (Å²) in [6, 6.07) is 3.53. The van der Waals surface area contributed by atoms with Gasteiger partial charge in [0.05, 0.1) is 0 Å². The van der Waals surface area contributed by atoms with Crippen LogP contribution in [0.5, 0.6) is 0 Å². The van der Waals surface area contributed by atoms with Gasteiger partial charge in [0, 0.05) is 36.0 Å². The molecule has 15 heavy (non-hydrogen) atoms. The molecule has 1 aliphatic rings. The number of aromatic nitrogens is 1. The zero-order chi connectivity index (χ0) is 10.7. The van der Waals surface area contributed by atoms with E-state index < -0.39 is 0 Å². The number of hydrogen-bond donors (Lipinski definition) is 0. The Kier molecular flexibility index (Phi) is 3.16. The predicted molar refractivity (Wildman–Crippen MR) is 61.6 cm³/mol. The molecule has 0 amide bonds. The molecular formula is C11H11BrN2O. The molecule has 2 rings (SSSR count). The largest absolute Gasteiger partial charge is 0.377 e. The Morgan fingerprint density at radius 3 is 2.93 bits per heavy atom. The van der Waals surface area contributed by atoms with Gasteiger partial charge in [-0.25, -0.2) is 0 Å². The maximum absolute atomic E-state index is 11.6. The third kappa shape index (κ3) is 2.65. The Hall–Kier alpha value is -1.16. The number of carbonyl (C=O) groups is 1. The van der Waals surface area contributed by atoms with E-state index in [1.807, 2.05) is 6.20 Å². The molecule has 0 aliphatic carbocycles. The topological polar surface area (TPSA) is 33.2 Å². The number of rotatable bonds is 3. The van der Waals surface area contributed by atoms with Crippen molar-refractivity contribution < 1.29 is 4.79 Å². The van der Waals surface area contributed by atoms with Crippen LogP contribution < -0.4 is 0 Å². The normalized spacial score (nSPS) is 15.4. The van der Waals surface area contributed by atoms with Crippen molar-refractivity contribution in [2.45, 2.75) is 6.42 Å². The van der Waals surface area contributed by atoms with Gasteiger partial charge in [0.15, 0.2) is 0 Å². The molecular weight excluding hydrogens is 256 g/mol. The molecule has 0 atom stereocenters. The number of allylic oxidation sites excluding steroid dienone is 1. The van der Waals surface area contributed by atoms with E-state index in [9.17, 15) is 4.79 Å². The zero-order valence-corrected chi connectivity index (χ0v) is 9.77. The molecule has 0 unspecified atom stereocenters. The Morgan fingerprint density at radius 2 is 2.33 bits per heavy atom. The molecule has 0 aromatic carbocycles. The van der Waals surface area contributed by atoms with E-state index in [0.29, 0.717) is 5.69 Å². The molecule has 0 bridgehead atoms. The van der Waals surface area contributed by atoms with Gasteiger partial charge < -0.3 is 4.90 Å². The van der Waals surface area contributed by atoms with Crippen LogP contribution >= 0.6 is 15.9 Å². The van der Waals surface area contributed by atoms with Gasteiger partial charge >= 0.3 is 0 Å². The van der Waals surface area contributed by atoms with Crippen LogP contribution in [0.3, 0.4) is 0 Å². The number of halogens is 1. The van der Waals surface area contributed by atoms with Crippen molar-refractivity contribution in [3.63, 3.8) is 0 Å². The molecule has 1 aliphatic heterocycles. The first kappa shape index (κ1) is 10.4. The van der Waals surface area contributed by atoms with Gasteiger partial charge in [-0.1, -0.05) is 15.9 Å². The molecule has 78 valence electrons. The lowest BCUT2D eigenvalue weighted by atomic mass is 10.2. The fourth-order valence-corrected chi connectivity index (χ4v) is 1.62. The summed E-state index contributed by atoms with van der Waals surface area (Å²) in [5, 5.41) is 0. The summed E-state index contributed by atoms with van der Waals surface area (Å²) in [6.45, 7) is 2.10. The molecule has 4 heteroatoms. The predicted octanol–water partition coefficient (Wildman–Crippen LogP) is 2.25. The van der Waals surface area contributed by atoms with E-state index in [1.165, 1.54) is 6.42 Å². The van der Waals surface area contributed by atoms with Gasteiger partial charge in [0.1, 0.15) is 5.69 Å². The van der Waals surface area contributed by atoms with Crippen LogP contribution in [0.25, 0.3) is 0 Å². The molecule has 0 spiro atoms. The Bertz CT molecular complexity index is 399. The summed E-state index contributed by atoms with van der Waals surface area (Å²) in [5.41, 5.74) is 0.473. The molecule has 0 radical (unpaired) electrons. The summed E-state index contributed by atoms with van der Waals surface area (Å²) >= 11 is 3.31. The van der Waals surface area contributed by atoms with Gasteiger partial charge in [-0.05, 0) is 18.6 Å². The number of nitrogens with zero attached hydrogens (tertiary/aromatic N) is 2. The first-order valence-electron chi connectivity index (χ1n) is 4.84. The van der Waals surface area contributed by atoms with Crippen LogP contribution in [0, 0.1) is 0 Å². The van der Waals surface area contributed by atoms with Crippen molar-refractivity contribution in [3.8, 4) is 0 Å². The summed E-state index contributed by atoms with van der Waals surface area (Å²) in [7, 11) is 0. The minimum Gasteiger partial charge on any atom is -0.377 e. The molecule has 0 N–H and O–H groups in total. The van der Waals surface area contributed by atoms with Crippen LogP contribution in [-0.2, 0) is 0 Å². The minimum absolute atomic E-state index is 0.0526. The fourth-order valence-electron chi connectivity index (χ4n) is 1.29. The molecule has 2 heterocycles. The second kappa shape index (κ2) is 4.57. The highest BCUT2D eigenvalue weighted by Gasteiger charge is 2.09. The lowest BCUT2D eigenvalue weighted by Gasteiger charge is -2.28. The van der Waals surface area contributed by atoms with Crippen LogP contribution in [-0.4, -0.2) is 28.8 Å². The lowest BCUT2D eigenvalue weighted by Crippen LogP contribution is -2.32. The first-order chi connectivity index (χ1) is 7.25. The SMILES string of the molecule is O=C(C=CN1CCC1)c1cc(Br)ccn1. The number of likely N-dealkylation sites (tertiary alicyclic amines) is 1. The number of hydrogen-bond acceptors (Lipinski definition) is 3. The summed E-state index contributed by atoms with van der Waals surface area (Å²) in [5.74, 6) is -0.0526. The molecule has 1 aromatic heterocycles. The van der Waals surface area contributed by atoms with Crippen molar-refractivity contribution in [3.05, 3.63) is 40.8 Å². The maximum Gasteiger partial charge on any atom is 0.205 e. The van der Waals surface area contributed by atoms with Crippen molar-refractivity contribution in [1.29, 1.82) is 0 Å². The fraction of sp³-hybridized carbons (Fsp3) is 0.273. The van der Waals surface area contributed by atoms with Crippen molar-refractivity contribution in [2.75, 3.05) is 13.1 Å². The molecule has 1 aromatic rings. The Labute approximate surface area is 96.9 Å². The Balaban J connectivity index is 2.03. The van der Waals surface area contributed by atoms with E-state index >= 15 is 0 Å². The van der Waals surface area contributed by atoms with Gasteiger partial charge in [-0.3, -0.25) is 9.78 Å². The summed E-state index contributed by atoms with van der Waals surface area (Å²) < 4.78 is 0.873. The van der Waals surface area contributed by atoms with Crippen LogP contribution in [0.2, 0.25) is 0 Å². The molecule has 1 saturated heterocycles. The van der Waals surface area contributed by atoms with E-state index in [1.54, 1.807) is 24.4 Å². The second-order valence-corrected chi connectivity index (χ2v) is 4.34. The van der Waals surface area contributed by atoms with E-state index in [2.05, 4.69) is 25.8 Å². The third-order valence-corrected chi connectivity index (χ3v) is 2.80. The van der Waals surface area contributed by atoms with Crippen LogP contribution in [0.1, 0.15) is 16.9 Å². The number of pyridine rings is 1. The standard InChI is InChI=1S/C11H11BrN2O/c12-9-2-4-13-10(8-9)11(15)3-7-14-5-1-6-14/h2-4,7-8H,1,5-6H2. The highest BCUT2D eigenvalue weighted by molar-refractivity contribution is 9.10. The van der Waals surface area contributed by atoms with Crippen molar-refractivity contribution in [1.82, 2.24) is 9.88 Å². The average molecular weight is 267 g/mol. The van der Waals surface area contributed by atoms with E-state index in [-0.39, 0.29) is 5.78 Å². The Morgan fingerprint density at radius 1 is 1.53 bits per heavy atom. The number of ketones is 1. The second-order valence-electron chi connectivity index (χ2n) is 3.43. The van der Waals surface area contributed by atoms with Gasteiger partial charge in [-0.2, -0.15) is 0 Å². The van der Waals surface area contributed by atoms with Crippen LogP contribution in [0.15, 0.2) is 35.1 Å². The van der Waals surface area contributed by atoms with Crippen molar-refractivity contribution >= 4 is 21.7 Å². The maximum atomic E-state index is 11.6. The summed E-state index contributed by atoms with van der Waals surface area (Å²) in [4.78, 5) is 17.8. The van der Waals surface area contributed by atoms with Gasteiger partial charge in [0.2, 0.25) is 5.78 Å². The number of carbonyl (C=O) groups excluding carboxylic acids is 1. The van der Waals surface area contributed by atoms with Crippen LogP contribution in [0.4, 0.5) is 0 Å². The average Bonchev–Trinajstić information content (AvgIpc) is 2.15. The molecule has 0 saturated carbocycles. The van der Waals surface area contributed by atoms with Crippen molar-refractivity contribution in [2.24, 2.45) is 0 Å². The highest BCUT2D eigenvalue weighted by atomic mass is 79.9. The quantitative estimate of drug-likeness (QED) is 0.622. The molecule has 1 fully saturated rings. The van der Waals surface area contributed by atoms with Gasteiger partial charge in [0.25, 0.3) is 0 Å². The third-order valence-electron chi connectivity index (χ3n) is 2.30. The van der Waals surface area contributed by atoms with E-state index in [4.69, 9.17) is 0 Å².